The quantitative estimate of drug-likeness (QED) is 0.765. The van der Waals surface area contributed by atoms with E-state index in [0.717, 1.165) is 22.2 Å². The van der Waals surface area contributed by atoms with Crippen LogP contribution >= 0.6 is 0 Å². The fourth-order valence-electron chi connectivity index (χ4n) is 2.03. The lowest BCUT2D eigenvalue weighted by molar-refractivity contribution is 0.461. The second-order valence-corrected chi connectivity index (χ2v) is 4.26. The monoisotopic (exact) mass is 199 g/mol. The molecule has 0 saturated heterocycles. The van der Waals surface area contributed by atoms with Crippen molar-refractivity contribution in [3.05, 3.63) is 35.5 Å². The lowest BCUT2D eigenvalue weighted by Crippen LogP contribution is -1.92. The molecule has 0 spiro atoms. The number of fused-ring (bicyclic) bond motifs is 1. The largest absolute Gasteiger partial charge is 0.506 e. The standard InChI is InChI=1S/C13H13NO/c1-8-10-4-2-3-5-11(10)14-12(13(8)15)9-6-7-9/h2-5,9,15H,6-7H2,1H3. The van der Waals surface area contributed by atoms with E-state index in [1.807, 2.05) is 31.2 Å². The van der Waals surface area contributed by atoms with Crippen LogP contribution in [0.15, 0.2) is 24.3 Å². The summed E-state index contributed by atoms with van der Waals surface area (Å²) in [5.74, 6) is 0.893. The van der Waals surface area contributed by atoms with Crippen molar-refractivity contribution in [2.24, 2.45) is 0 Å². The lowest BCUT2D eigenvalue weighted by Gasteiger charge is -2.08. The van der Waals surface area contributed by atoms with Crippen LogP contribution in [0.2, 0.25) is 0 Å². The third-order valence-corrected chi connectivity index (χ3v) is 3.11. The number of hydrogen-bond donors (Lipinski definition) is 1. The zero-order chi connectivity index (χ0) is 10.4. The fraction of sp³-hybridized carbons (Fsp3) is 0.308. The molecule has 1 aliphatic carbocycles. The highest BCUT2D eigenvalue weighted by Gasteiger charge is 2.29. The molecule has 2 nitrogen and oxygen atoms in total. The zero-order valence-electron chi connectivity index (χ0n) is 8.70. The van der Waals surface area contributed by atoms with E-state index in [4.69, 9.17) is 0 Å². The van der Waals surface area contributed by atoms with Gasteiger partial charge in [-0.3, -0.25) is 0 Å². The predicted octanol–water partition coefficient (Wildman–Crippen LogP) is 3.13. The van der Waals surface area contributed by atoms with Gasteiger partial charge in [0.25, 0.3) is 0 Å². The molecule has 0 radical (unpaired) electrons. The summed E-state index contributed by atoms with van der Waals surface area (Å²) >= 11 is 0. The van der Waals surface area contributed by atoms with Gasteiger partial charge >= 0.3 is 0 Å². The van der Waals surface area contributed by atoms with Crippen LogP contribution in [0.3, 0.4) is 0 Å². The summed E-state index contributed by atoms with van der Waals surface area (Å²) in [6, 6.07) is 7.98. The molecule has 2 aromatic rings. The molecule has 0 bridgehead atoms. The second kappa shape index (κ2) is 2.96. The number of aryl methyl sites for hydroxylation is 1. The van der Waals surface area contributed by atoms with Gasteiger partial charge in [0, 0.05) is 16.9 Å². The SMILES string of the molecule is Cc1c(O)c(C2CC2)nc2ccccc12. The number of rotatable bonds is 1. The van der Waals surface area contributed by atoms with Gasteiger partial charge in [-0.1, -0.05) is 18.2 Å². The molecule has 1 aromatic carbocycles. The molecule has 0 aliphatic heterocycles. The van der Waals surface area contributed by atoms with Crippen LogP contribution in [0.1, 0.15) is 30.0 Å². The van der Waals surface area contributed by atoms with Crippen molar-refractivity contribution in [2.75, 3.05) is 0 Å². The minimum Gasteiger partial charge on any atom is -0.506 e. The van der Waals surface area contributed by atoms with E-state index >= 15 is 0 Å². The molecule has 1 N–H and O–H groups in total. The Kier molecular flexibility index (Phi) is 1.72. The minimum absolute atomic E-state index is 0.399. The average Bonchev–Trinajstić information content (AvgIpc) is 3.07. The van der Waals surface area contributed by atoms with Gasteiger partial charge in [0.05, 0.1) is 11.2 Å². The average molecular weight is 199 g/mol. The Morgan fingerprint density at radius 2 is 2.00 bits per heavy atom. The smallest absolute Gasteiger partial charge is 0.140 e. The Balaban J connectivity index is 2.34. The maximum absolute atomic E-state index is 10.0. The van der Waals surface area contributed by atoms with Crippen molar-refractivity contribution < 1.29 is 5.11 Å². The van der Waals surface area contributed by atoms with Crippen molar-refractivity contribution in [1.29, 1.82) is 0 Å². The van der Waals surface area contributed by atoms with E-state index in [2.05, 4.69) is 4.98 Å². The van der Waals surface area contributed by atoms with Crippen LogP contribution in [0.25, 0.3) is 10.9 Å². The van der Waals surface area contributed by atoms with Gasteiger partial charge < -0.3 is 5.11 Å². The summed E-state index contributed by atoms with van der Waals surface area (Å²) in [6.45, 7) is 1.96. The third kappa shape index (κ3) is 1.29. The molecule has 1 aromatic heterocycles. The molecule has 0 unspecified atom stereocenters. The third-order valence-electron chi connectivity index (χ3n) is 3.11. The number of pyridine rings is 1. The van der Waals surface area contributed by atoms with Crippen molar-refractivity contribution >= 4 is 10.9 Å². The van der Waals surface area contributed by atoms with Crippen LogP contribution in [-0.4, -0.2) is 10.1 Å². The number of aromatic nitrogens is 1. The van der Waals surface area contributed by atoms with Gasteiger partial charge in [0.2, 0.25) is 0 Å². The fourth-order valence-corrected chi connectivity index (χ4v) is 2.03. The molecule has 0 atom stereocenters. The Morgan fingerprint density at radius 1 is 1.27 bits per heavy atom. The highest BCUT2D eigenvalue weighted by molar-refractivity contribution is 5.84. The summed E-state index contributed by atoms with van der Waals surface area (Å²) in [5, 5.41) is 11.1. The molecular formula is C13H13NO. The minimum atomic E-state index is 0.399. The number of benzene rings is 1. The first-order valence-electron chi connectivity index (χ1n) is 5.35. The zero-order valence-corrected chi connectivity index (χ0v) is 8.70. The number of aromatic hydroxyl groups is 1. The molecule has 15 heavy (non-hydrogen) atoms. The van der Waals surface area contributed by atoms with Gasteiger partial charge in [-0.05, 0) is 25.8 Å². The van der Waals surface area contributed by atoms with Crippen LogP contribution in [0, 0.1) is 6.92 Å². The van der Waals surface area contributed by atoms with Crippen LogP contribution in [0.4, 0.5) is 0 Å². The normalized spacial score (nSPS) is 15.8. The molecule has 2 heteroatoms. The Hall–Kier alpha value is -1.57. The summed E-state index contributed by atoms with van der Waals surface area (Å²) in [5.41, 5.74) is 2.85. The van der Waals surface area contributed by atoms with E-state index in [9.17, 15) is 5.11 Å². The maximum Gasteiger partial charge on any atom is 0.140 e. The van der Waals surface area contributed by atoms with Gasteiger partial charge in [-0.15, -0.1) is 0 Å². The molecule has 3 rings (SSSR count). The number of para-hydroxylation sites is 1. The topological polar surface area (TPSA) is 33.1 Å². The van der Waals surface area contributed by atoms with Gasteiger partial charge in [0.15, 0.2) is 0 Å². The summed E-state index contributed by atoms with van der Waals surface area (Å²) < 4.78 is 0. The lowest BCUT2D eigenvalue weighted by atomic mass is 10.1. The van der Waals surface area contributed by atoms with Crippen molar-refractivity contribution in [1.82, 2.24) is 4.98 Å². The van der Waals surface area contributed by atoms with Crippen molar-refractivity contribution in [3.8, 4) is 5.75 Å². The molecule has 0 amide bonds. The van der Waals surface area contributed by atoms with Crippen molar-refractivity contribution in [3.63, 3.8) is 0 Å². The van der Waals surface area contributed by atoms with Crippen molar-refractivity contribution in [2.45, 2.75) is 25.7 Å². The first-order chi connectivity index (χ1) is 7.27. The van der Waals surface area contributed by atoms with Crippen LogP contribution < -0.4 is 0 Å². The highest BCUT2D eigenvalue weighted by Crippen LogP contribution is 2.44. The van der Waals surface area contributed by atoms with E-state index < -0.39 is 0 Å². The summed E-state index contributed by atoms with van der Waals surface area (Å²) in [6.07, 6.45) is 2.33. The maximum atomic E-state index is 10.0. The molecule has 1 heterocycles. The van der Waals surface area contributed by atoms with E-state index in [0.29, 0.717) is 11.7 Å². The molecule has 1 fully saturated rings. The Bertz CT molecular complexity index is 529. The Morgan fingerprint density at radius 3 is 2.73 bits per heavy atom. The van der Waals surface area contributed by atoms with E-state index in [1.54, 1.807) is 0 Å². The van der Waals surface area contributed by atoms with Gasteiger partial charge in [0.1, 0.15) is 5.75 Å². The molecule has 76 valence electrons. The van der Waals surface area contributed by atoms with Crippen LogP contribution in [-0.2, 0) is 0 Å². The van der Waals surface area contributed by atoms with Gasteiger partial charge in [-0.25, -0.2) is 4.98 Å². The number of nitrogens with zero attached hydrogens (tertiary/aromatic N) is 1. The first kappa shape index (κ1) is 8.72. The Labute approximate surface area is 88.6 Å². The van der Waals surface area contributed by atoms with Crippen LogP contribution in [0.5, 0.6) is 5.75 Å². The highest BCUT2D eigenvalue weighted by atomic mass is 16.3. The first-order valence-corrected chi connectivity index (χ1v) is 5.35. The molecule has 1 aliphatic rings. The van der Waals surface area contributed by atoms with Gasteiger partial charge in [-0.2, -0.15) is 0 Å². The molecular weight excluding hydrogens is 186 g/mol. The van der Waals surface area contributed by atoms with E-state index in [-0.39, 0.29) is 0 Å². The molecule has 1 saturated carbocycles. The second-order valence-electron chi connectivity index (χ2n) is 4.26. The predicted molar refractivity (Wildman–Crippen MR) is 60.1 cm³/mol. The summed E-state index contributed by atoms with van der Waals surface area (Å²) in [4.78, 5) is 4.55. The number of hydrogen-bond acceptors (Lipinski definition) is 2. The van der Waals surface area contributed by atoms with E-state index in [1.165, 1.54) is 12.8 Å². The summed E-state index contributed by atoms with van der Waals surface area (Å²) in [7, 11) is 0.